The van der Waals surface area contributed by atoms with Gasteiger partial charge in [-0.25, -0.2) is 4.79 Å². The molecule has 0 fully saturated rings. The van der Waals surface area contributed by atoms with Gasteiger partial charge in [0.1, 0.15) is 0 Å². The summed E-state index contributed by atoms with van der Waals surface area (Å²) in [4.78, 5) is 11.6. The average Bonchev–Trinajstić information content (AvgIpc) is 4.08. The smallest absolute Gasteiger partial charge is 0.338 e. The van der Waals surface area contributed by atoms with Gasteiger partial charge in [0.2, 0.25) is 0 Å². The number of nitrogens with one attached hydrogen (secondary N) is 6. The van der Waals surface area contributed by atoms with Crippen LogP contribution in [0.25, 0.3) is 32.9 Å². The first-order valence-electron chi connectivity index (χ1n) is 21.4. The number of hydrogen-bond acceptors (Lipinski definition) is 11. The molecular weight excluding hydrogens is 938 g/mol. The number of anilines is 6. The molecule has 68 heavy (non-hydrogen) atoms. The van der Waals surface area contributed by atoms with E-state index >= 15 is 0 Å². The number of aryl methyl sites for hydroxylation is 3. The lowest BCUT2D eigenvalue weighted by molar-refractivity contribution is 0.0526. The molecule has 3 heterocycles. The molecule has 0 unspecified atom stereocenters. The normalized spacial score (nSPS) is 10.5. The number of rotatable bonds is 10. The highest BCUT2D eigenvalue weighted by molar-refractivity contribution is 7.81. The first-order chi connectivity index (χ1) is 33.0. The van der Waals surface area contributed by atoms with Gasteiger partial charge < -0.3 is 50.2 Å². The molecule has 0 atom stereocenters. The quantitative estimate of drug-likeness (QED) is 0.0563. The Morgan fingerprint density at radius 2 is 0.971 bits per heavy atom. The van der Waals surface area contributed by atoms with Crippen LogP contribution in [-0.4, -0.2) is 43.4 Å². The van der Waals surface area contributed by atoms with Gasteiger partial charge in [0.25, 0.3) is 0 Å². The zero-order chi connectivity index (χ0) is 48.0. The van der Waals surface area contributed by atoms with E-state index in [1.807, 2.05) is 97.9 Å². The number of hydrogen-bond donors (Lipinski definition) is 6. The minimum Gasteiger partial charge on any atom is -0.462 e. The van der Waals surface area contributed by atoms with Gasteiger partial charge in [-0.1, -0.05) is 102 Å². The molecule has 14 nitrogen and oxygen atoms in total. The fourth-order valence-electron chi connectivity index (χ4n) is 6.70. The van der Waals surface area contributed by atoms with Gasteiger partial charge in [-0.05, 0) is 153 Å². The highest BCUT2D eigenvalue weighted by Crippen LogP contribution is 2.27. The Labute approximate surface area is 413 Å². The highest BCUT2D eigenvalue weighted by atomic mass is 35.5. The van der Waals surface area contributed by atoms with Crippen LogP contribution in [0.5, 0.6) is 0 Å². The topological polar surface area (TPSA) is 177 Å². The van der Waals surface area contributed by atoms with Crippen LogP contribution in [0.2, 0.25) is 5.02 Å². The number of thiocarbonyl (C=S) groups is 3. The number of esters is 1. The molecule has 346 valence electrons. The predicted molar refractivity (Wildman–Crippen MR) is 285 cm³/mol. The van der Waals surface area contributed by atoms with E-state index in [1.54, 1.807) is 31.2 Å². The van der Waals surface area contributed by atoms with Crippen molar-refractivity contribution in [3.8, 4) is 0 Å². The Hall–Kier alpha value is -7.44. The fraction of sp³-hybridized carbons (Fsp3) is 0.140. The van der Waals surface area contributed by atoms with Crippen molar-refractivity contribution in [3.63, 3.8) is 0 Å². The summed E-state index contributed by atoms with van der Waals surface area (Å²) in [5, 5.41) is 35.2. The molecule has 9 aromatic rings. The molecular formula is C50H46ClN9O5S3. The number of halogens is 1. The second-order valence-corrected chi connectivity index (χ2v) is 16.4. The SMILES string of the molecule is CCOC(=O)c1ccc(NC(=S)Nc2noc3ccccc23)cc1.CCc1cccc(CC)c1NC(=S)Nc1noc2ccccc12.Cc1ccc(NC(=S)Nc2noc3ccccc23)cc1Cl. The Morgan fingerprint density at radius 3 is 1.41 bits per heavy atom. The van der Waals surface area contributed by atoms with E-state index in [0.29, 0.717) is 61.1 Å². The highest BCUT2D eigenvalue weighted by Gasteiger charge is 2.14. The van der Waals surface area contributed by atoms with Gasteiger partial charge in [-0.3, -0.25) is 0 Å². The van der Waals surface area contributed by atoms with Crippen LogP contribution in [0, 0.1) is 6.92 Å². The molecule has 0 aliphatic carbocycles. The summed E-state index contributed by atoms with van der Waals surface area (Å²) in [5.74, 6) is 1.41. The van der Waals surface area contributed by atoms with Crippen LogP contribution < -0.4 is 31.9 Å². The monoisotopic (exact) mass is 983 g/mol. The molecule has 6 N–H and O–H groups in total. The summed E-state index contributed by atoms with van der Waals surface area (Å²) in [7, 11) is 0. The lowest BCUT2D eigenvalue weighted by Crippen LogP contribution is -2.21. The van der Waals surface area contributed by atoms with Crippen molar-refractivity contribution in [1.82, 2.24) is 15.5 Å². The molecule has 3 aromatic heterocycles. The van der Waals surface area contributed by atoms with Crippen molar-refractivity contribution in [2.24, 2.45) is 0 Å². The number of carbonyl (C=O) groups excluding carboxylic acids is 1. The predicted octanol–water partition coefficient (Wildman–Crippen LogP) is 13.2. The first-order valence-corrected chi connectivity index (χ1v) is 23.0. The van der Waals surface area contributed by atoms with Crippen molar-refractivity contribution in [1.29, 1.82) is 0 Å². The number of carbonyl (C=O) groups is 1. The van der Waals surface area contributed by atoms with Gasteiger partial charge >= 0.3 is 5.97 Å². The lowest BCUT2D eigenvalue weighted by atomic mass is 10.0. The molecule has 6 aromatic carbocycles. The first kappa shape index (κ1) is 48.5. The van der Waals surface area contributed by atoms with E-state index in [9.17, 15) is 4.79 Å². The largest absolute Gasteiger partial charge is 0.462 e. The van der Waals surface area contributed by atoms with E-state index in [1.165, 1.54) is 11.1 Å². The van der Waals surface area contributed by atoms with Gasteiger partial charge in [-0.2, -0.15) is 0 Å². The maximum atomic E-state index is 11.6. The Balaban J connectivity index is 0.000000151. The minimum atomic E-state index is -0.348. The number of nitrogens with zero attached hydrogens (tertiary/aromatic N) is 3. The fourth-order valence-corrected chi connectivity index (χ4v) is 7.51. The summed E-state index contributed by atoms with van der Waals surface area (Å²) in [5.41, 5.74) is 8.78. The summed E-state index contributed by atoms with van der Waals surface area (Å²) in [6, 6.07) is 41.6. The molecule has 0 aliphatic heterocycles. The van der Waals surface area contributed by atoms with Crippen LogP contribution in [0.1, 0.15) is 47.8 Å². The van der Waals surface area contributed by atoms with E-state index in [2.05, 4.69) is 79.4 Å². The molecule has 0 saturated carbocycles. The van der Waals surface area contributed by atoms with Gasteiger partial charge in [0.15, 0.2) is 49.5 Å². The van der Waals surface area contributed by atoms with Crippen LogP contribution in [0.3, 0.4) is 0 Å². The third-order valence-electron chi connectivity index (χ3n) is 10.1. The molecule has 0 aliphatic rings. The average molecular weight is 985 g/mol. The summed E-state index contributed by atoms with van der Waals surface area (Å²) >= 11 is 22.1. The van der Waals surface area contributed by atoms with Crippen LogP contribution >= 0.6 is 48.3 Å². The maximum Gasteiger partial charge on any atom is 0.338 e. The molecule has 0 radical (unpaired) electrons. The summed E-state index contributed by atoms with van der Waals surface area (Å²) in [6.45, 7) is 8.34. The molecule has 9 rings (SSSR count). The zero-order valence-corrected chi connectivity index (χ0v) is 40.5. The number of fused-ring (bicyclic) bond motifs is 3. The van der Waals surface area contributed by atoms with Crippen molar-refractivity contribution in [2.45, 2.75) is 40.5 Å². The van der Waals surface area contributed by atoms with Crippen molar-refractivity contribution in [2.75, 3.05) is 38.5 Å². The van der Waals surface area contributed by atoms with Gasteiger partial charge in [-0.15, -0.1) is 0 Å². The molecule has 18 heteroatoms. The lowest BCUT2D eigenvalue weighted by Gasteiger charge is -2.16. The number of para-hydroxylation sites is 4. The third kappa shape index (κ3) is 12.5. The third-order valence-corrected chi connectivity index (χ3v) is 11.2. The number of aromatic nitrogens is 3. The van der Waals surface area contributed by atoms with Gasteiger partial charge in [0.05, 0.1) is 28.3 Å². The van der Waals surface area contributed by atoms with Crippen LogP contribution in [0.15, 0.2) is 147 Å². The van der Waals surface area contributed by atoms with Crippen molar-refractivity contribution < 1.29 is 23.1 Å². The number of ether oxygens (including phenoxy) is 1. The maximum absolute atomic E-state index is 11.6. The minimum absolute atomic E-state index is 0.346. The summed E-state index contributed by atoms with van der Waals surface area (Å²) < 4.78 is 20.7. The molecule has 0 saturated heterocycles. The molecule has 0 spiro atoms. The molecule has 0 amide bonds. The Kier molecular flexibility index (Phi) is 16.6. The van der Waals surface area contributed by atoms with Crippen molar-refractivity contribution >= 4 is 137 Å². The Bertz CT molecular complexity index is 3190. The second-order valence-electron chi connectivity index (χ2n) is 14.7. The number of benzene rings is 6. The second kappa shape index (κ2) is 23.3. The molecule has 0 bridgehead atoms. The van der Waals surface area contributed by atoms with E-state index < -0.39 is 0 Å². The van der Waals surface area contributed by atoms with Crippen LogP contribution in [-0.2, 0) is 17.6 Å². The van der Waals surface area contributed by atoms with E-state index in [0.717, 1.165) is 57.2 Å². The van der Waals surface area contributed by atoms with Gasteiger partial charge in [0, 0.05) is 22.1 Å². The van der Waals surface area contributed by atoms with Crippen molar-refractivity contribution in [3.05, 3.63) is 161 Å². The van der Waals surface area contributed by atoms with E-state index in [-0.39, 0.29) is 5.97 Å². The van der Waals surface area contributed by atoms with Crippen LogP contribution in [0.4, 0.5) is 34.5 Å². The zero-order valence-electron chi connectivity index (χ0n) is 37.3. The van der Waals surface area contributed by atoms with E-state index in [4.69, 9.17) is 66.6 Å². The standard InChI is InChI=1S/C18H19N3OS.C17H15N3O3S.C15H12ClN3OS/c1-3-12-8-7-9-13(4-2)16(12)19-18(23)20-17-14-10-5-6-11-15(14)22-21-17;1-2-22-16(21)11-7-9-12(10-8-11)18-17(24)19-15-13-5-3-4-6-14(13)23-20-15;1-9-6-7-10(8-12(9)16)17-15(21)18-14-11-4-2-3-5-13(11)20-19-14/h5-11H,3-4H2,1-2H3,(H2,19,20,21,23);3-10H,2H2,1H3,(H2,18,19,20,24);2-8H,1H3,(H2,17,18,19,21). The summed E-state index contributed by atoms with van der Waals surface area (Å²) in [6.07, 6.45) is 1.90. The Morgan fingerprint density at radius 1 is 0.544 bits per heavy atom.